The summed E-state index contributed by atoms with van der Waals surface area (Å²) in [6.45, 7) is 8.27. The zero-order chi connectivity index (χ0) is 32.4. The molecule has 2 N–H and O–H groups in total. The Morgan fingerprint density at radius 2 is 1.80 bits per heavy atom. The van der Waals surface area contributed by atoms with E-state index in [2.05, 4.69) is 44.5 Å². The number of thiazole rings is 1. The SMILES string of the molecule is Cc1ccc(-n2nc(CC(C)C)cc2NC(=O)Nc2cnc(Oc3ccc(-c4cnc(N5CCCC5=O)s4)cc3)nc2)c(C)c1F. The van der Waals surface area contributed by atoms with E-state index < -0.39 is 6.03 Å². The lowest BCUT2D eigenvalue weighted by atomic mass is 10.1. The van der Waals surface area contributed by atoms with Crippen molar-refractivity contribution < 1.29 is 18.7 Å². The Bertz CT molecular complexity index is 1890. The molecule has 3 aromatic heterocycles. The van der Waals surface area contributed by atoms with Crippen molar-refractivity contribution in [3.8, 4) is 27.9 Å². The molecule has 3 amide bonds. The lowest BCUT2D eigenvalue weighted by molar-refractivity contribution is -0.117. The van der Waals surface area contributed by atoms with Crippen molar-refractivity contribution in [1.82, 2.24) is 24.7 Å². The van der Waals surface area contributed by atoms with E-state index in [0.29, 0.717) is 64.5 Å². The minimum Gasteiger partial charge on any atom is -0.424 e. The third-order valence-electron chi connectivity index (χ3n) is 7.43. The molecule has 5 aromatic rings. The molecule has 0 atom stereocenters. The van der Waals surface area contributed by atoms with Gasteiger partial charge in [-0.2, -0.15) is 5.10 Å². The second-order valence-electron chi connectivity index (χ2n) is 11.5. The van der Waals surface area contributed by atoms with E-state index in [9.17, 15) is 14.0 Å². The second kappa shape index (κ2) is 13.1. The number of anilines is 3. The molecule has 1 aliphatic heterocycles. The zero-order valence-corrected chi connectivity index (χ0v) is 26.7. The molecule has 0 aliphatic carbocycles. The number of hydrogen-bond acceptors (Lipinski definition) is 8. The van der Waals surface area contributed by atoms with Crippen LogP contribution in [0.3, 0.4) is 0 Å². The van der Waals surface area contributed by atoms with Crippen LogP contribution in [0.15, 0.2) is 61.1 Å². The average Bonchev–Trinajstić information content (AvgIpc) is 3.77. The summed E-state index contributed by atoms with van der Waals surface area (Å²) in [5.41, 5.74) is 3.60. The maximum absolute atomic E-state index is 14.7. The van der Waals surface area contributed by atoms with Gasteiger partial charge in [0.15, 0.2) is 5.13 Å². The number of amides is 3. The molecule has 0 radical (unpaired) electrons. The first-order valence-electron chi connectivity index (χ1n) is 14.9. The minimum absolute atomic E-state index is 0.111. The van der Waals surface area contributed by atoms with Crippen molar-refractivity contribution in [2.75, 3.05) is 22.1 Å². The van der Waals surface area contributed by atoms with E-state index in [1.807, 2.05) is 12.1 Å². The number of aromatic nitrogens is 5. The van der Waals surface area contributed by atoms with Crippen molar-refractivity contribution in [1.29, 1.82) is 0 Å². The van der Waals surface area contributed by atoms with E-state index in [1.54, 1.807) is 60.0 Å². The number of carbonyl (C=O) groups excluding carboxylic acids is 2. The third-order valence-corrected chi connectivity index (χ3v) is 8.50. The number of benzene rings is 2. The largest absolute Gasteiger partial charge is 0.424 e. The molecule has 6 rings (SSSR count). The Hall–Kier alpha value is -5.17. The summed E-state index contributed by atoms with van der Waals surface area (Å²) in [6, 6.07) is 12.3. The molecule has 0 saturated carbocycles. The van der Waals surface area contributed by atoms with E-state index in [-0.39, 0.29) is 17.7 Å². The smallest absolute Gasteiger partial charge is 0.324 e. The molecule has 0 bridgehead atoms. The van der Waals surface area contributed by atoms with Crippen molar-refractivity contribution in [3.63, 3.8) is 0 Å². The summed E-state index contributed by atoms with van der Waals surface area (Å²) in [6.07, 6.45) is 6.77. The summed E-state index contributed by atoms with van der Waals surface area (Å²) in [4.78, 5) is 40.6. The quantitative estimate of drug-likeness (QED) is 0.173. The highest BCUT2D eigenvalue weighted by molar-refractivity contribution is 7.19. The number of hydrogen-bond donors (Lipinski definition) is 2. The van der Waals surface area contributed by atoms with E-state index in [4.69, 9.17) is 4.74 Å². The number of nitrogens with zero attached hydrogens (tertiary/aromatic N) is 6. The average molecular weight is 641 g/mol. The number of rotatable bonds is 9. The summed E-state index contributed by atoms with van der Waals surface area (Å²) >= 11 is 1.48. The molecule has 2 aromatic carbocycles. The molecular formula is C33H33FN8O3S. The maximum atomic E-state index is 14.7. The number of halogens is 1. The van der Waals surface area contributed by atoms with E-state index in [1.165, 1.54) is 23.7 Å². The predicted molar refractivity (Wildman–Crippen MR) is 175 cm³/mol. The number of nitrogens with one attached hydrogen (secondary N) is 2. The Kier molecular flexibility index (Phi) is 8.75. The van der Waals surface area contributed by atoms with Gasteiger partial charge in [-0.3, -0.25) is 15.0 Å². The van der Waals surface area contributed by atoms with Gasteiger partial charge in [0.2, 0.25) is 5.91 Å². The lowest BCUT2D eigenvalue weighted by Gasteiger charge is -2.13. The predicted octanol–water partition coefficient (Wildman–Crippen LogP) is 7.30. The van der Waals surface area contributed by atoms with Crippen LogP contribution in [0.4, 0.5) is 25.8 Å². The van der Waals surface area contributed by atoms with Gasteiger partial charge in [-0.1, -0.05) is 31.3 Å². The first-order valence-corrected chi connectivity index (χ1v) is 15.8. The molecule has 1 saturated heterocycles. The number of ether oxygens (including phenoxy) is 1. The van der Waals surface area contributed by atoms with Crippen LogP contribution in [0, 0.1) is 25.6 Å². The Balaban J connectivity index is 1.09. The Labute approximate surface area is 269 Å². The molecule has 236 valence electrons. The van der Waals surface area contributed by atoms with E-state index in [0.717, 1.165) is 22.6 Å². The molecule has 0 spiro atoms. The summed E-state index contributed by atoms with van der Waals surface area (Å²) in [5, 5.41) is 10.9. The van der Waals surface area contributed by atoms with Gasteiger partial charge in [-0.25, -0.2) is 28.8 Å². The van der Waals surface area contributed by atoms with Crippen LogP contribution < -0.4 is 20.3 Å². The van der Waals surface area contributed by atoms with Crippen LogP contribution >= 0.6 is 11.3 Å². The molecule has 1 fully saturated rings. The zero-order valence-electron chi connectivity index (χ0n) is 25.9. The van der Waals surface area contributed by atoms with Gasteiger partial charge in [-0.15, -0.1) is 0 Å². The molecular weight excluding hydrogens is 607 g/mol. The van der Waals surface area contributed by atoms with Gasteiger partial charge in [0.05, 0.1) is 34.3 Å². The van der Waals surface area contributed by atoms with Crippen LogP contribution in [-0.2, 0) is 11.2 Å². The van der Waals surface area contributed by atoms with Gasteiger partial charge in [0.1, 0.15) is 17.4 Å². The lowest BCUT2D eigenvalue weighted by Crippen LogP contribution is -2.23. The molecule has 11 nitrogen and oxygen atoms in total. The summed E-state index contributed by atoms with van der Waals surface area (Å²) in [5.74, 6) is 1.09. The van der Waals surface area contributed by atoms with Crippen LogP contribution in [0.1, 0.15) is 43.5 Å². The normalized spacial score (nSPS) is 13.0. The highest BCUT2D eigenvalue weighted by Crippen LogP contribution is 2.34. The van der Waals surface area contributed by atoms with Crippen molar-refractivity contribution in [2.24, 2.45) is 5.92 Å². The molecule has 0 unspecified atom stereocenters. The highest BCUT2D eigenvalue weighted by Gasteiger charge is 2.24. The van der Waals surface area contributed by atoms with Crippen molar-refractivity contribution in [2.45, 2.75) is 47.0 Å². The van der Waals surface area contributed by atoms with Gasteiger partial charge < -0.3 is 10.1 Å². The summed E-state index contributed by atoms with van der Waals surface area (Å²) < 4.78 is 22.1. The molecule has 4 heterocycles. The van der Waals surface area contributed by atoms with Gasteiger partial charge in [0.25, 0.3) is 0 Å². The van der Waals surface area contributed by atoms with Crippen LogP contribution in [0.5, 0.6) is 11.8 Å². The first-order chi connectivity index (χ1) is 22.1. The van der Waals surface area contributed by atoms with Gasteiger partial charge in [0, 0.05) is 30.8 Å². The second-order valence-corrected chi connectivity index (χ2v) is 12.5. The fraction of sp³-hybridized carbons (Fsp3) is 0.273. The Morgan fingerprint density at radius 1 is 1.04 bits per heavy atom. The van der Waals surface area contributed by atoms with Crippen molar-refractivity contribution >= 4 is 39.9 Å². The van der Waals surface area contributed by atoms with E-state index >= 15 is 0 Å². The standard InChI is InChI=1S/C33H33FN8O3S/c1-19(2)14-23-15-28(42(40-23)26-12-7-20(3)30(34)21(26)4)39-31(44)38-24-16-35-32(36-17-24)45-25-10-8-22(9-11-25)27-18-37-33(46-27)41-13-5-6-29(41)43/h7-12,15-19H,5-6,13-14H2,1-4H3,(H2,38,39,44). The molecule has 1 aliphatic rings. The fourth-order valence-corrected chi connectivity index (χ4v) is 6.10. The van der Waals surface area contributed by atoms with Gasteiger partial charge >= 0.3 is 12.0 Å². The fourth-order valence-electron chi connectivity index (χ4n) is 5.14. The third kappa shape index (κ3) is 6.74. The minimum atomic E-state index is -0.532. The number of urea groups is 1. The molecule has 13 heteroatoms. The summed E-state index contributed by atoms with van der Waals surface area (Å²) in [7, 11) is 0. The highest BCUT2D eigenvalue weighted by atomic mass is 32.1. The van der Waals surface area contributed by atoms with Gasteiger partial charge in [-0.05, 0) is 74.1 Å². The van der Waals surface area contributed by atoms with Crippen molar-refractivity contribution in [3.05, 3.63) is 83.7 Å². The number of aryl methyl sites for hydroxylation is 1. The maximum Gasteiger partial charge on any atom is 0.324 e. The molecule has 46 heavy (non-hydrogen) atoms. The first kappa shape index (κ1) is 30.8. The Morgan fingerprint density at radius 3 is 2.50 bits per heavy atom. The van der Waals surface area contributed by atoms with Crippen LogP contribution in [0.25, 0.3) is 16.1 Å². The van der Waals surface area contributed by atoms with Crippen LogP contribution in [-0.4, -0.2) is 43.2 Å². The van der Waals surface area contributed by atoms with Crippen LogP contribution in [0.2, 0.25) is 0 Å². The monoisotopic (exact) mass is 640 g/mol. The topological polar surface area (TPSA) is 127 Å². The number of carbonyl (C=O) groups is 2.